The van der Waals surface area contributed by atoms with Crippen molar-refractivity contribution in [3.05, 3.63) is 28.5 Å². The highest BCUT2D eigenvalue weighted by atomic mass is 32.1. The molecule has 0 radical (unpaired) electrons. The number of thiophene rings is 1. The maximum Gasteiger partial charge on any atom is 0.325 e. The van der Waals surface area contributed by atoms with Gasteiger partial charge in [-0.1, -0.05) is 6.07 Å². The molecular formula is C10H11NO3S. The van der Waals surface area contributed by atoms with Crippen LogP contribution in [0.1, 0.15) is 11.8 Å². The maximum atomic E-state index is 11.2. The fourth-order valence-corrected chi connectivity index (χ4v) is 1.49. The monoisotopic (exact) mass is 225 g/mol. The van der Waals surface area contributed by atoms with E-state index in [9.17, 15) is 9.59 Å². The largest absolute Gasteiger partial charge is 0.480 e. The number of hydrogen-bond acceptors (Lipinski definition) is 3. The van der Waals surface area contributed by atoms with Crippen molar-refractivity contribution in [1.82, 2.24) is 5.32 Å². The highest BCUT2D eigenvalue weighted by Gasteiger charge is 2.11. The van der Waals surface area contributed by atoms with Gasteiger partial charge >= 0.3 is 5.97 Å². The van der Waals surface area contributed by atoms with Crippen LogP contribution in [0.4, 0.5) is 0 Å². The lowest BCUT2D eigenvalue weighted by Crippen LogP contribution is -2.37. The summed E-state index contributed by atoms with van der Waals surface area (Å²) in [6.07, 6.45) is 2.97. The second-order valence-electron chi connectivity index (χ2n) is 2.92. The van der Waals surface area contributed by atoms with Crippen molar-refractivity contribution in [3.8, 4) is 0 Å². The van der Waals surface area contributed by atoms with Crippen molar-refractivity contribution >= 4 is 29.3 Å². The molecule has 1 heterocycles. The van der Waals surface area contributed by atoms with Gasteiger partial charge in [0.2, 0.25) is 5.91 Å². The highest BCUT2D eigenvalue weighted by molar-refractivity contribution is 7.10. The van der Waals surface area contributed by atoms with Crippen LogP contribution in [-0.2, 0) is 9.59 Å². The van der Waals surface area contributed by atoms with Crippen LogP contribution in [0.15, 0.2) is 23.6 Å². The average molecular weight is 225 g/mol. The van der Waals surface area contributed by atoms with Crippen molar-refractivity contribution in [2.75, 3.05) is 0 Å². The molecule has 1 atom stereocenters. The number of hydrogen-bond donors (Lipinski definition) is 2. The van der Waals surface area contributed by atoms with Gasteiger partial charge in [0.15, 0.2) is 0 Å². The molecule has 0 bridgehead atoms. The van der Waals surface area contributed by atoms with E-state index in [0.29, 0.717) is 0 Å². The van der Waals surface area contributed by atoms with E-state index < -0.39 is 17.9 Å². The fourth-order valence-electron chi connectivity index (χ4n) is 0.867. The lowest BCUT2D eigenvalue weighted by Gasteiger charge is -2.05. The van der Waals surface area contributed by atoms with Crippen molar-refractivity contribution in [3.63, 3.8) is 0 Å². The molecular weight excluding hydrogens is 214 g/mol. The van der Waals surface area contributed by atoms with Crippen LogP contribution in [-0.4, -0.2) is 23.0 Å². The van der Waals surface area contributed by atoms with Crippen LogP contribution in [0.5, 0.6) is 0 Å². The zero-order chi connectivity index (χ0) is 11.3. The van der Waals surface area contributed by atoms with Crippen LogP contribution in [0.25, 0.3) is 6.08 Å². The number of nitrogens with one attached hydrogen (secondary N) is 1. The van der Waals surface area contributed by atoms with Gasteiger partial charge in [0, 0.05) is 11.0 Å². The van der Waals surface area contributed by atoms with Crippen LogP contribution < -0.4 is 5.32 Å². The molecule has 0 aliphatic rings. The summed E-state index contributed by atoms with van der Waals surface area (Å²) in [7, 11) is 0. The van der Waals surface area contributed by atoms with E-state index in [1.54, 1.807) is 6.08 Å². The Kier molecular flexibility index (Phi) is 4.05. The van der Waals surface area contributed by atoms with Gasteiger partial charge in [-0.25, -0.2) is 0 Å². The Hall–Kier alpha value is -1.62. The molecule has 0 aliphatic carbocycles. The standard InChI is InChI=1S/C10H11NO3S/c1-7(10(13)14)11-9(12)5-4-8-3-2-6-15-8/h2-7H,1H3,(H,11,12)(H,13,14)/t7-/m1/s1. The summed E-state index contributed by atoms with van der Waals surface area (Å²) in [6, 6.07) is 2.88. The molecule has 2 N–H and O–H groups in total. The summed E-state index contributed by atoms with van der Waals surface area (Å²) < 4.78 is 0. The number of carboxylic acid groups (broad SMARTS) is 1. The number of carboxylic acids is 1. The molecule has 80 valence electrons. The predicted molar refractivity (Wildman–Crippen MR) is 58.6 cm³/mol. The fraction of sp³-hybridized carbons (Fsp3) is 0.200. The average Bonchev–Trinajstić information content (AvgIpc) is 2.66. The van der Waals surface area contributed by atoms with Gasteiger partial charge in [-0.05, 0) is 24.4 Å². The molecule has 1 aromatic heterocycles. The number of rotatable bonds is 4. The van der Waals surface area contributed by atoms with Crippen molar-refractivity contribution < 1.29 is 14.7 Å². The first kappa shape index (κ1) is 11.5. The zero-order valence-electron chi connectivity index (χ0n) is 8.14. The van der Waals surface area contributed by atoms with Gasteiger partial charge in [-0.3, -0.25) is 9.59 Å². The second-order valence-corrected chi connectivity index (χ2v) is 3.90. The topological polar surface area (TPSA) is 66.4 Å². The Morgan fingerprint density at radius 1 is 1.60 bits per heavy atom. The van der Waals surface area contributed by atoms with Crippen LogP contribution >= 0.6 is 11.3 Å². The maximum absolute atomic E-state index is 11.2. The third-order valence-electron chi connectivity index (χ3n) is 1.67. The van der Waals surface area contributed by atoms with E-state index in [0.717, 1.165) is 4.88 Å². The Labute approximate surface area is 91.2 Å². The van der Waals surface area contributed by atoms with Gasteiger partial charge in [0.25, 0.3) is 0 Å². The first-order chi connectivity index (χ1) is 7.09. The van der Waals surface area contributed by atoms with Crippen molar-refractivity contribution in [2.24, 2.45) is 0 Å². The molecule has 1 aromatic rings. The Balaban J connectivity index is 2.46. The molecule has 0 aromatic carbocycles. The molecule has 0 saturated heterocycles. The molecule has 0 aliphatic heterocycles. The molecule has 0 unspecified atom stereocenters. The Bertz CT molecular complexity index is 370. The first-order valence-electron chi connectivity index (χ1n) is 4.34. The molecule has 0 fully saturated rings. The Morgan fingerprint density at radius 3 is 2.87 bits per heavy atom. The normalized spacial score (nSPS) is 12.6. The smallest absolute Gasteiger partial charge is 0.325 e. The third kappa shape index (κ3) is 3.95. The van der Waals surface area contributed by atoms with Gasteiger partial charge < -0.3 is 10.4 Å². The summed E-state index contributed by atoms with van der Waals surface area (Å²) >= 11 is 1.51. The lowest BCUT2D eigenvalue weighted by atomic mass is 10.3. The summed E-state index contributed by atoms with van der Waals surface area (Å²) in [5.74, 6) is -1.45. The van der Waals surface area contributed by atoms with Gasteiger partial charge in [0.1, 0.15) is 6.04 Å². The number of carbonyl (C=O) groups excluding carboxylic acids is 1. The van der Waals surface area contributed by atoms with Gasteiger partial charge in [-0.15, -0.1) is 11.3 Å². The van der Waals surface area contributed by atoms with Crippen molar-refractivity contribution in [2.45, 2.75) is 13.0 Å². The summed E-state index contributed by atoms with van der Waals surface area (Å²) in [5, 5.41) is 12.8. The molecule has 1 rings (SSSR count). The van der Waals surface area contributed by atoms with E-state index in [1.807, 2.05) is 17.5 Å². The SMILES string of the molecule is C[C@@H](NC(=O)C=Cc1cccs1)C(=O)O. The van der Waals surface area contributed by atoms with Crippen LogP contribution in [0, 0.1) is 0 Å². The summed E-state index contributed by atoms with van der Waals surface area (Å²) in [4.78, 5) is 22.6. The zero-order valence-corrected chi connectivity index (χ0v) is 8.95. The molecule has 0 spiro atoms. The van der Waals surface area contributed by atoms with Gasteiger partial charge in [-0.2, -0.15) is 0 Å². The highest BCUT2D eigenvalue weighted by Crippen LogP contribution is 2.09. The predicted octanol–water partition coefficient (Wildman–Crippen LogP) is 1.35. The number of amides is 1. The minimum Gasteiger partial charge on any atom is -0.480 e. The van der Waals surface area contributed by atoms with E-state index in [4.69, 9.17) is 5.11 Å². The van der Waals surface area contributed by atoms with Crippen LogP contribution in [0.2, 0.25) is 0 Å². The molecule has 5 heteroatoms. The van der Waals surface area contributed by atoms with E-state index >= 15 is 0 Å². The minimum atomic E-state index is -1.05. The first-order valence-corrected chi connectivity index (χ1v) is 5.22. The number of aliphatic carboxylic acids is 1. The molecule has 15 heavy (non-hydrogen) atoms. The molecule has 1 amide bonds. The molecule has 4 nitrogen and oxygen atoms in total. The van der Waals surface area contributed by atoms with E-state index in [-0.39, 0.29) is 0 Å². The Morgan fingerprint density at radius 2 is 2.33 bits per heavy atom. The lowest BCUT2D eigenvalue weighted by molar-refractivity contribution is -0.140. The van der Waals surface area contributed by atoms with Gasteiger partial charge in [0.05, 0.1) is 0 Å². The van der Waals surface area contributed by atoms with Crippen LogP contribution in [0.3, 0.4) is 0 Å². The van der Waals surface area contributed by atoms with E-state index in [2.05, 4.69) is 5.32 Å². The van der Waals surface area contributed by atoms with Crippen molar-refractivity contribution in [1.29, 1.82) is 0 Å². The second kappa shape index (κ2) is 5.31. The minimum absolute atomic E-state index is 0.404. The molecule has 0 saturated carbocycles. The number of carbonyl (C=O) groups is 2. The third-order valence-corrected chi connectivity index (χ3v) is 2.51. The van der Waals surface area contributed by atoms with E-state index in [1.165, 1.54) is 24.3 Å². The summed E-state index contributed by atoms with van der Waals surface area (Å²) in [6.45, 7) is 1.42. The summed E-state index contributed by atoms with van der Waals surface area (Å²) in [5.41, 5.74) is 0. The quantitative estimate of drug-likeness (QED) is 0.760.